The van der Waals surface area contributed by atoms with E-state index in [0.29, 0.717) is 0 Å². The molecule has 1 unspecified atom stereocenters. The zero-order chi connectivity index (χ0) is 20.3. The van der Waals surface area contributed by atoms with Gasteiger partial charge in [0.1, 0.15) is 0 Å². The van der Waals surface area contributed by atoms with Crippen LogP contribution in [-0.2, 0) is 4.43 Å². The molecule has 0 bridgehead atoms. The summed E-state index contributed by atoms with van der Waals surface area (Å²) < 4.78 is 8.56. The Labute approximate surface area is 179 Å². The Kier molecular flexibility index (Phi) is 16.8. The van der Waals surface area contributed by atoms with Crippen molar-refractivity contribution in [3.8, 4) is 0 Å². The summed E-state index contributed by atoms with van der Waals surface area (Å²) in [4.78, 5) is 0. The lowest BCUT2D eigenvalue weighted by molar-refractivity contribution is 0.311. The van der Waals surface area contributed by atoms with Gasteiger partial charge in [-0.2, -0.15) is 0 Å². The van der Waals surface area contributed by atoms with Gasteiger partial charge in [-0.3, -0.25) is 0 Å². The first-order valence-corrected chi connectivity index (χ1v) is 15.6. The van der Waals surface area contributed by atoms with Gasteiger partial charge in [0.15, 0.2) is 0 Å². The third-order valence-electron chi connectivity index (χ3n) is 6.96. The van der Waals surface area contributed by atoms with Crippen LogP contribution in [-0.4, -0.2) is 33.2 Å². The van der Waals surface area contributed by atoms with E-state index in [1.54, 1.807) is 0 Å². The van der Waals surface area contributed by atoms with Crippen molar-refractivity contribution in [2.75, 3.05) is 20.2 Å². The normalized spacial score (nSPS) is 20.2. The van der Waals surface area contributed by atoms with Gasteiger partial charge in [0.2, 0.25) is 0 Å². The largest absolute Gasteiger partial charge is 0.406 e. The molecule has 28 heavy (non-hydrogen) atoms. The Morgan fingerprint density at radius 2 is 1.04 bits per heavy atom. The van der Waals surface area contributed by atoms with Gasteiger partial charge in [-0.15, -0.1) is 0 Å². The van der Waals surface area contributed by atoms with E-state index in [4.69, 9.17) is 4.43 Å². The third kappa shape index (κ3) is 12.6. The number of rotatable bonds is 20. The lowest BCUT2D eigenvalue weighted by atomic mass is 10.0. The average Bonchev–Trinajstić information content (AvgIpc) is 3.08. The van der Waals surface area contributed by atoms with Gasteiger partial charge in [-0.1, -0.05) is 116 Å². The second-order valence-electron chi connectivity index (χ2n) is 9.48. The van der Waals surface area contributed by atoms with Crippen LogP contribution in [0.5, 0.6) is 0 Å². The minimum Gasteiger partial charge on any atom is -0.406 e. The maximum atomic E-state index is 5.86. The van der Waals surface area contributed by atoms with Crippen molar-refractivity contribution in [3.05, 3.63) is 0 Å². The quantitative estimate of drug-likeness (QED) is 0.147. The lowest BCUT2D eigenvalue weighted by Gasteiger charge is -2.31. The van der Waals surface area contributed by atoms with Gasteiger partial charge in [-0.25, -0.2) is 0 Å². The lowest BCUT2D eigenvalue weighted by Crippen LogP contribution is -2.48. The van der Waals surface area contributed by atoms with E-state index in [2.05, 4.69) is 18.0 Å². The molecular weight excluding hydrogens is 358 g/mol. The fourth-order valence-electron chi connectivity index (χ4n) is 4.78. The second-order valence-corrected chi connectivity index (χ2v) is 13.4. The van der Waals surface area contributed by atoms with E-state index in [0.717, 1.165) is 0 Å². The van der Waals surface area contributed by atoms with Crippen LogP contribution in [0, 0.1) is 0 Å². The summed E-state index contributed by atoms with van der Waals surface area (Å²) in [5.41, 5.74) is 0. The Balaban J connectivity index is 1.73. The Bertz CT molecular complexity index is 339. The predicted molar refractivity (Wildman–Crippen MR) is 128 cm³/mol. The number of unbranched alkanes of at least 4 members (excludes halogenated alkanes) is 17. The zero-order valence-corrected chi connectivity index (χ0v) is 20.9. The Morgan fingerprint density at radius 3 is 1.43 bits per heavy atom. The van der Waals surface area contributed by atoms with Crippen LogP contribution >= 0.6 is 0 Å². The Hall–Kier alpha value is 0.137. The summed E-state index contributed by atoms with van der Waals surface area (Å²) in [6.45, 7) is 7.27. The van der Waals surface area contributed by atoms with E-state index in [1.165, 1.54) is 141 Å². The van der Waals surface area contributed by atoms with E-state index in [1.807, 2.05) is 7.11 Å². The van der Waals surface area contributed by atoms with Crippen molar-refractivity contribution in [1.82, 2.24) is 4.57 Å². The number of hydrogen-bond donors (Lipinski definition) is 0. The molecule has 2 nitrogen and oxygen atoms in total. The van der Waals surface area contributed by atoms with Crippen LogP contribution < -0.4 is 0 Å². The molecule has 1 rings (SSSR count). The van der Waals surface area contributed by atoms with Crippen molar-refractivity contribution in [1.29, 1.82) is 0 Å². The van der Waals surface area contributed by atoms with E-state index in [9.17, 15) is 0 Å². The number of hydrogen-bond acceptors (Lipinski definition) is 2. The zero-order valence-electron chi connectivity index (χ0n) is 19.9. The van der Waals surface area contributed by atoms with Gasteiger partial charge in [0.25, 0.3) is 8.48 Å². The van der Waals surface area contributed by atoms with Crippen LogP contribution in [0.15, 0.2) is 0 Å². The molecule has 0 amide bonds. The first kappa shape index (κ1) is 26.2. The molecule has 1 fully saturated rings. The van der Waals surface area contributed by atoms with Gasteiger partial charge in [0.05, 0.1) is 0 Å². The molecule has 0 aromatic heterocycles. The van der Waals surface area contributed by atoms with Crippen LogP contribution in [0.3, 0.4) is 0 Å². The maximum absolute atomic E-state index is 5.86. The highest BCUT2D eigenvalue weighted by atomic mass is 28.4. The van der Waals surface area contributed by atoms with Gasteiger partial charge < -0.3 is 8.99 Å². The highest BCUT2D eigenvalue weighted by molar-refractivity contribution is 6.70. The van der Waals surface area contributed by atoms with E-state index >= 15 is 0 Å². The fourth-order valence-corrected chi connectivity index (χ4v) is 7.63. The molecule has 0 N–H and O–H groups in total. The summed E-state index contributed by atoms with van der Waals surface area (Å²) >= 11 is 0. The molecule has 1 aliphatic heterocycles. The van der Waals surface area contributed by atoms with Crippen LogP contribution in [0.1, 0.15) is 129 Å². The van der Waals surface area contributed by atoms with Gasteiger partial charge in [0, 0.05) is 7.11 Å². The van der Waals surface area contributed by atoms with Gasteiger partial charge in [-0.05, 0) is 38.5 Å². The fraction of sp³-hybridized carbons (Fsp3) is 1.00. The third-order valence-corrected chi connectivity index (χ3v) is 10.9. The van der Waals surface area contributed by atoms with Crippen LogP contribution in [0.25, 0.3) is 0 Å². The highest BCUT2D eigenvalue weighted by Crippen LogP contribution is 2.26. The first-order valence-electron chi connectivity index (χ1n) is 13.0. The highest BCUT2D eigenvalue weighted by Gasteiger charge is 2.39. The SMILES string of the molecule is CCCCCCCCCCCCCCCCCCCCN1CCC[Si]1(C)OC. The van der Waals surface area contributed by atoms with Crippen LogP contribution in [0.4, 0.5) is 0 Å². The molecule has 3 heteroatoms. The molecule has 0 aromatic rings. The average molecular weight is 412 g/mol. The van der Waals surface area contributed by atoms with Crippen molar-refractivity contribution >= 4 is 8.48 Å². The summed E-state index contributed by atoms with van der Waals surface area (Å²) in [6.07, 6.45) is 27.6. The molecule has 0 saturated carbocycles. The standard InChI is InChI=1S/C25H53NOSi/c1-4-5-6-7-8-9-10-11-12-13-14-15-16-17-18-19-20-21-23-26-24-22-25-28(26,3)27-2/h4-25H2,1-3H3. The number of nitrogens with zero attached hydrogens (tertiary/aromatic N) is 1. The van der Waals surface area contributed by atoms with E-state index in [-0.39, 0.29) is 0 Å². The molecule has 168 valence electrons. The second kappa shape index (κ2) is 17.9. The summed E-state index contributed by atoms with van der Waals surface area (Å²) in [5, 5.41) is 0. The van der Waals surface area contributed by atoms with Crippen LogP contribution in [0.2, 0.25) is 12.6 Å². The van der Waals surface area contributed by atoms with Crippen molar-refractivity contribution in [3.63, 3.8) is 0 Å². The molecule has 1 aliphatic rings. The van der Waals surface area contributed by atoms with Crippen molar-refractivity contribution in [2.45, 2.75) is 142 Å². The summed E-state index contributed by atoms with van der Waals surface area (Å²) in [7, 11) is 0.462. The minimum absolute atomic E-state index is 1.29. The molecule has 1 atom stereocenters. The molecule has 0 radical (unpaired) electrons. The Morgan fingerprint density at radius 1 is 0.643 bits per heavy atom. The molecule has 0 aromatic carbocycles. The van der Waals surface area contributed by atoms with Crippen molar-refractivity contribution < 1.29 is 4.43 Å². The monoisotopic (exact) mass is 411 g/mol. The summed E-state index contributed by atoms with van der Waals surface area (Å²) in [6, 6.07) is 1.34. The smallest absolute Gasteiger partial charge is 0.267 e. The molecule has 1 heterocycles. The van der Waals surface area contributed by atoms with Crippen molar-refractivity contribution in [2.24, 2.45) is 0 Å². The molecule has 0 spiro atoms. The van der Waals surface area contributed by atoms with Gasteiger partial charge >= 0.3 is 0 Å². The molecule has 1 saturated heterocycles. The maximum Gasteiger partial charge on any atom is 0.267 e. The first-order chi connectivity index (χ1) is 13.7. The molecule has 0 aliphatic carbocycles. The summed E-state index contributed by atoms with van der Waals surface area (Å²) in [5.74, 6) is 0. The molecular formula is C25H53NOSi. The minimum atomic E-state index is -1.47. The van der Waals surface area contributed by atoms with E-state index < -0.39 is 8.48 Å². The predicted octanol–water partition coefficient (Wildman–Crippen LogP) is 8.45. The topological polar surface area (TPSA) is 12.5 Å².